The molecule has 6 rings (SSSR count). The zero-order chi connectivity index (χ0) is 24.9. The maximum Gasteiger partial charge on any atom is 0.326 e. The second kappa shape index (κ2) is 9.35. The van der Waals surface area contributed by atoms with Gasteiger partial charge in [-0.3, -0.25) is 4.47 Å². The predicted octanol–water partition coefficient (Wildman–Crippen LogP) is 3.79. The Labute approximate surface area is 210 Å². The number of hydrogen-bond donors (Lipinski definition) is 1. The summed E-state index contributed by atoms with van der Waals surface area (Å²) in [5.74, 6) is 0.0618. The Morgan fingerprint density at radius 2 is 1.58 bits per heavy atom. The molecule has 0 spiro atoms. The number of amides is 2. The minimum absolute atomic E-state index is 0.0618. The number of ether oxygens (including phenoxy) is 1. The first-order chi connectivity index (χ1) is 17.4. The topological polar surface area (TPSA) is 128 Å². The Bertz CT molecular complexity index is 1250. The van der Waals surface area contributed by atoms with Crippen molar-refractivity contribution in [1.82, 2.24) is 9.63 Å². The number of hydroxylamine groups is 1. The van der Waals surface area contributed by atoms with Crippen LogP contribution in [0.1, 0.15) is 72.0 Å². The van der Waals surface area contributed by atoms with Crippen LogP contribution in [0.5, 0.6) is 0 Å². The number of rotatable bonds is 5. The van der Waals surface area contributed by atoms with Crippen LogP contribution >= 0.6 is 0 Å². The smallest absolute Gasteiger partial charge is 0.326 e. The first-order valence-corrected chi connectivity index (χ1v) is 14.4. The summed E-state index contributed by atoms with van der Waals surface area (Å²) in [4.78, 5) is 13.2. The minimum Gasteiger partial charge on any atom is -0.740 e. The molecule has 1 N–H and O–H groups in total. The second-order valence-electron chi connectivity index (χ2n) is 10.2. The number of anilines is 2. The number of nitrogens with zero attached hydrogens (tertiary/aromatic N) is 3. The number of carbonyl (C=O) groups is 1. The summed E-state index contributed by atoms with van der Waals surface area (Å²) in [5.41, 5.74) is 6.49. The molecule has 1 saturated heterocycles. The van der Waals surface area contributed by atoms with E-state index < -0.39 is 26.8 Å². The first-order valence-electron chi connectivity index (χ1n) is 13.0. The van der Waals surface area contributed by atoms with Crippen molar-refractivity contribution in [2.45, 2.75) is 83.1 Å². The van der Waals surface area contributed by atoms with Gasteiger partial charge in [-0.1, -0.05) is 11.2 Å². The van der Waals surface area contributed by atoms with Crippen LogP contribution in [0, 0.1) is 5.21 Å². The van der Waals surface area contributed by atoms with Crippen molar-refractivity contribution < 1.29 is 22.5 Å². The van der Waals surface area contributed by atoms with E-state index in [0.717, 1.165) is 72.5 Å². The molecule has 3 aliphatic carbocycles. The van der Waals surface area contributed by atoms with Crippen molar-refractivity contribution in [3.8, 4) is 0 Å². The quantitative estimate of drug-likeness (QED) is 0.600. The summed E-state index contributed by atoms with van der Waals surface area (Å²) < 4.78 is 39.1. The fourth-order valence-corrected chi connectivity index (χ4v) is 7.59. The number of carbonyl (C=O) groups excluding carboxylic acids is 1. The van der Waals surface area contributed by atoms with E-state index in [1.54, 1.807) is 0 Å². The number of benzene rings is 1. The van der Waals surface area contributed by atoms with Crippen LogP contribution in [0.2, 0.25) is 0 Å². The summed E-state index contributed by atoms with van der Waals surface area (Å²) in [6.45, 7) is 0.723. The van der Waals surface area contributed by atoms with Gasteiger partial charge in [-0.15, -0.1) is 0 Å². The molecule has 2 aromatic rings. The standard InChI is InChI=1S/C25H31N4O6S/c30-25(26-23-19-8-3-5-16(19)15-17-6-4-9-20(17)23)29(31)36(32,33)28(18-11-13-34-14-12-18)24-21-7-1-2-10-22(21)27-35-24/h15,18H,1-14H2,(H,26,30)/q-1. The molecule has 4 aliphatic rings. The number of urea groups is 1. The molecule has 0 radical (unpaired) electrons. The van der Waals surface area contributed by atoms with Crippen molar-refractivity contribution in [1.29, 1.82) is 0 Å². The Hall–Kier alpha value is -2.63. The maximum absolute atomic E-state index is 13.8. The third kappa shape index (κ3) is 3.97. The van der Waals surface area contributed by atoms with Crippen molar-refractivity contribution in [2.24, 2.45) is 0 Å². The highest BCUT2D eigenvalue weighted by atomic mass is 32.2. The van der Waals surface area contributed by atoms with Crippen LogP contribution in [-0.2, 0) is 53.5 Å². The Balaban J connectivity index is 1.33. The van der Waals surface area contributed by atoms with E-state index in [-0.39, 0.29) is 5.88 Å². The van der Waals surface area contributed by atoms with Crippen molar-refractivity contribution in [3.63, 3.8) is 0 Å². The van der Waals surface area contributed by atoms with E-state index in [0.29, 0.717) is 50.1 Å². The van der Waals surface area contributed by atoms with Gasteiger partial charge in [0.05, 0.1) is 11.7 Å². The molecule has 1 aliphatic heterocycles. The van der Waals surface area contributed by atoms with Crippen molar-refractivity contribution >= 4 is 27.8 Å². The van der Waals surface area contributed by atoms with Crippen molar-refractivity contribution in [3.05, 3.63) is 44.8 Å². The average molecular weight is 516 g/mol. The van der Waals surface area contributed by atoms with Crippen LogP contribution in [-0.4, -0.2) is 43.3 Å². The van der Waals surface area contributed by atoms with E-state index in [4.69, 9.17) is 9.26 Å². The van der Waals surface area contributed by atoms with E-state index in [1.165, 1.54) is 11.1 Å². The molecule has 36 heavy (non-hydrogen) atoms. The summed E-state index contributed by atoms with van der Waals surface area (Å²) >= 11 is 0. The minimum atomic E-state index is -4.79. The Kier molecular flexibility index (Phi) is 6.17. The number of aryl methyl sites for hydroxylation is 3. The molecular weight excluding hydrogens is 484 g/mol. The normalized spacial score (nSPS) is 19.5. The number of aromatic nitrogens is 1. The monoisotopic (exact) mass is 515 g/mol. The molecule has 1 aromatic heterocycles. The summed E-state index contributed by atoms with van der Waals surface area (Å²) in [7, 11) is -4.79. The highest BCUT2D eigenvalue weighted by Gasteiger charge is 2.40. The third-order valence-electron chi connectivity index (χ3n) is 7.99. The maximum atomic E-state index is 13.8. The van der Waals surface area contributed by atoms with Gasteiger partial charge in [0.25, 0.3) is 0 Å². The van der Waals surface area contributed by atoms with Crippen LogP contribution in [0.15, 0.2) is 10.6 Å². The molecule has 10 nitrogen and oxygen atoms in total. The lowest BCUT2D eigenvalue weighted by Gasteiger charge is -2.39. The fourth-order valence-electron chi connectivity index (χ4n) is 6.23. The van der Waals surface area contributed by atoms with E-state index in [1.807, 2.05) is 0 Å². The van der Waals surface area contributed by atoms with Crippen molar-refractivity contribution in [2.75, 3.05) is 22.8 Å². The third-order valence-corrected chi connectivity index (χ3v) is 9.54. The SMILES string of the molecule is O=C(Nc1c2c(cc3c1CCC3)CCC2)N([O-])S(=O)(=O)N(c1onc2c1CCCC2)C1CCOCC1. The first kappa shape index (κ1) is 23.7. The molecule has 0 unspecified atom stereocenters. The lowest BCUT2D eigenvalue weighted by molar-refractivity contribution is 0.0866. The van der Waals surface area contributed by atoms with Gasteiger partial charge in [-0.05, 0) is 99.3 Å². The van der Waals surface area contributed by atoms with Crippen LogP contribution in [0.25, 0.3) is 0 Å². The highest BCUT2D eigenvalue weighted by Crippen LogP contribution is 2.40. The number of fused-ring (bicyclic) bond motifs is 3. The Morgan fingerprint density at radius 3 is 2.28 bits per heavy atom. The molecule has 0 saturated carbocycles. The summed E-state index contributed by atoms with van der Waals surface area (Å²) in [6, 6.07) is 0.457. The van der Waals surface area contributed by atoms with E-state index in [9.17, 15) is 18.4 Å². The molecule has 194 valence electrons. The van der Waals surface area contributed by atoms with E-state index in [2.05, 4.69) is 16.5 Å². The number of hydrogen-bond acceptors (Lipinski definition) is 7. The molecule has 1 aromatic carbocycles. The lowest BCUT2D eigenvalue weighted by Crippen LogP contribution is -2.51. The molecule has 0 bridgehead atoms. The van der Waals surface area contributed by atoms with E-state index >= 15 is 0 Å². The van der Waals surface area contributed by atoms with Gasteiger partial charge in [0.15, 0.2) is 0 Å². The zero-order valence-corrected chi connectivity index (χ0v) is 21.1. The van der Waals surface area contributed by atoms with Gasteiger partial charge >= 0.3 is 16.2 Å². The second-order valence-corrected chi connectivity index (χ2v) is 11.8. The summed E-state index contributed by atoms with van der Waals surface area (Å²) in [5, 5.41) is 20.1. The van der Waals surface area contributed by atoms with Gasteiger partial charge in [0, 0.05) is 24.5 Å². The van der Waals surface area contributed by atoms with Gasteiger partial charge < -0.3 is 19.8 Å². The number of nitrogens with one attached hydrogen (secondary N) is 1. The molecule has 1 fully saturated rings. The van der Waals surface area contributed by atoms with Crippen LogP contribution in [0.4, 0.5) is 16.4 Å². The van der Waals surface area contributed by atoms with Gasteiger partial charge in [-0.2, -0.15) is 8.42 Å². The van der Waals surface area contributed by atoms with Gasteiger partial charge in [-0.25, -0.2) is 9.10 Å². The lowest BCUT2D eigenvalue weighted by atomic mass is 9.97. The molecular formula is C25H31N4O6S-. The largest absolute Gasteiger partial charge is 0.740 e. The highest BCUT2D eigenvalue weighted by molar-refractivity contribution is 7.91. The van der Waals surface area contributed by atoms with Crippen LogP contribution < -0.4 is 9.62 Å². The average Bonchev–Trinajstić information content (AvgIpc) is 3.64. The molecule has 11 heteroatoms. The summed E-state index contributed by atoms with van der Waals surface area (Å²) in [6.07, 6.45) is 9.38. The molecule has 2 amide bonds. The zero-order valence-electron chi connectivity index (χ0n) is 20.3. The molecule has 2 heterocycles. The molecule has 0 atom stereocenters. The van der Waals surface area contributed by atoms with Gasteiger partial charge in [0.1, 0.15) is 0 Å². The fraction of sp³-hybridized carbons (Fsp3) is 0.600. The van der Waals surface area contributed by atoms with Crippen LogP contribution in [0.3, 0.4) is 0 Å². The Morgan fingerprint density at radius 1 is 0.944 bits per heavy atom. The predicted molar refractivity (Wildman–Crippen MR) is 133 cm³/mol. The van der Waals surface area contributed by atoms with Gasteiger partial charge in [0.2, 0.25) is 5.88 Å².